The summed E-state index contributed by atoms with van der Waals surface area (Å²) >= 11 is 0. The lowest BCUT2D eigenvalue weighted by atomic mass is 10.3. The minimum absolute atomic E-state index is 0.0194. The number of methoxy groups -OCH3 is 1. The van der Waals surface area contributed by atoms with Crippen LogP contribution in [0.15, 0.2) is 42.5 Å². The molecule has 8 heteroatoms. The number of benzene rings is 2. The van der Waals surface area contributed by atoms with Crippen molar-refractivity contribution < 1.29 is 28.0 Å². The fraction of sp³-hybridized carbons (Fsp3) is 0.263. The molecule has 2 aromatic rings. The number of rotatable bonds is 8. The standard InChI is InChI=1S/C19H21F2N3O3/c1-3-24(11-18(25)22-13-4-7-15(27-2)8-5-13)12-19(26)23-14-6-9-16(20)17(21)10-14/h4-10H,3,11-12H2,1-2H3,(H,22,25)(H,23,26)/p+1. The van der Waals surface area contributed by atoms with Crippen LogP contribution in [-0.2, 0) is 9.59 Å². The molecule has 0 radical (unpaired) electrons. The van der Waals surface area contributed by atoms with Crippen LogP contribution in [0.3, 0.4) is 0 Å². The third-order valence-electron chi connectivity index (χ3n) is 3.90. The zero-order valence-electron chi connectivity index (χ0n) is 15.1. The monoisotopic (exact) mass is 378 g/mol. The summed E-state index contributed by atoms with van der Waals surface area (Å²) < 4.78 is 31.2. The van der Waals surface area contributed by atoms with E-state index in [9.17, 15) is 18.4 Å². The predicted octanol–water partition coefficient (Wildman–Crippen LogP) is 1.46. The van der Waals surface area contributed by atoms with E-state index in [0.717, 1.165) is 17.0 Å². The number of quaternary nitrogens is 1. The van der Waals surface area contributed by atoms with Gasteiger partial charge >= 0.3 is 0 Å². The van der Waals surface area contributed by atoms with Crippen LogP contribution in [0.1, 0.15) is 6.92 Å². The minimum Gasteiger partial charge on any atom is -0.497 e. The highest BCUT2D eigenvalue weighted by molar-refractivity contribution is 5.93. The molecule has 6 nitrogen and oxygen atoms in total. The number of nitrogens with one attached hydrogen (secondary N) is 3. The maximum absolute atomic E-state index is 13.2. The zero-order chi connectivity index (χ0) is 19.8. The van der Waals surface area contributed by atoms with Crippen molar-refractivity contribution in [2.75, 3.05) is 37.4 Å². The fourth-order valence-electron chi connectivity index (χ4n) is 2.43. The lowest BCUT2D eigenvalue weighted by Gasteiger charge is -2.17. The first-order valence-electron chi connectivity index (χ1n) is 8.43. The molecule has 0 spiro atoms. The van der Waals surface area contributed by atoms with Crippen LogP contribution in [0.5, 0.6) is 5.75 Å². The van der Waals surface area contributed by atoms with E-state index in [1.165, 1.54) is 6.07 Å². The van der Waals surface area contributed by atoms with E-state index in [2.05, 4.69) is 10.6 Å². The summed E-state index contributed by atoms with van der Waals surface area (Å²) in [6, 6.07) is 10.0. The number of hydrogen-bond donors (Lipinski definition) is 3. The van der Waals surface area contributed by atoms with E-state index in [4.69, 9.17) is 4.74 Å². The molecule has 0 fully saturated rings. The van der Waals surface area contributed by atoms with Gasteiger partial charge < -0.3 is 20.3 Å². The van der Waals surface area contributed by atoms with Crippen molar-refractivity contribution in [3.8, 4) is 5.75 Å². The summed E-state index contributed by atoms with van der Waals surface area (Å²) in [4.78, 5) is 25.0. The molecule has 2 rings (SSSR count). The highest BCUT2D eigenvalue weighted by Crippen LogP contribution is 2.14. The van der Waals surface area contributed by atoms with Crippen LogP contribution in [0.25, 0.3) is 0 Å². The average Bonchev–Trinajstić information content (AvgIpc) is 2.64. The van der Waals surface area contributed by atoms with Gasteiger partial charge in [-0.15, -0.1) is 0 Å². The quantitative estimate of drug-likeness (QED) is 0.651. The van der Waals surface area contributed by atoms with Gasteiger partial charge in [-0.05, 0) is 43.3 Å². The minimum atomic E-state index is -1.04. The summed E-state index contributed by atoms with van der Waals surface area (Å²) in [6.45, 7) is 2.50. The SMILES string of the molecule is CC[NH+](CC(=O)Nc1ccc(OC)cc1)CC(=O)Nc1ccc(F)c(F)c1. The van der Waals surface area contributed by atoms with E-state index < -0.39 is 17.5 Å². The van der Waals surface area contributed by atoms with Crippen molar-refractivity contribution in [1.82, 2.24) is 0 Å². The molecule has 2 amide bonds. The number of anilines is 2. The molecule has 0 aliphatic carbocycles. The van der Waals surface area contributed by atoms with E-state index in [1.807, 2.05) is 6.92 Å². The Kier molecular flexibility index (Phi) is 7.25. The van der Waals surface area contributed by atoms with Crippen molar-refractivity contribution >= 4 is 23.2 Å². The zero-order valence-corrected chi connectivity index (χ0v) is 15.1. The van der Waals surface area contributed by atoms with Gasteiger partial charge in [0.25, 0.3) is 11.8 Å². The first-order chi connectivity index (χ1) is 12.9. The van der Waals surface area contributed by atoms with Gasteiger partial charge in [0.1, 0.15) is 5.75 Å². The molecular formula is C19H22F2N3O3+. The molecule has 0 heterocycles. The fourth-order valence-corrected chi connectivity index (χ4v) is 2.43. The molecule has 0 aliphatic heterocycles. The Bertz CT molecular complexity index is 797. The van der Waals surface area contributed by atoms with Gasteiger partial charge in [0.15, 0.2) is 24.7 Å². The van der Waals surface area contributed by atoms with E-state index in [0.29, 0.717) is 18.0 Å². The van der Waals surface area contributed by atoms with Crippen molar-refractivity contribution in [2.45, 2.75) is 6.92 Å². The van der Waals surface area contributed by atoms with Crippen molar-refractivity contribution in [1.29, 1.82) is 0 Å². The molecule has 0 aromatic heterocycles. The van der Waals surface area contributed by atoms with Crippen molar-refractivity contribution in [3.63, 3.8) is 0 Å². The molecule has 1 unspecified atom stereocenters. The first kappa shape index (κ1) is 20.3. The normalized spacial score (nSPS) is 11.6. The summed E-state index contributed by atoms with van der Waals surface area (Å²) in [5.41, 5.74) is 0.791. The Balaban J connectivity index is 1.86. The van der Waals surface area contributed by atoms with Crippen LogP contribution in [-0.4, -0.2) is 38.6 Å². The topological polar surface area (TPSA) is 71.9 Å². The molecule has 0 saturated carbocycles. The van der Waals surface area contributed by atoms with E-state index in [-0.39, 0.29) is 24.7 Å². The molecule has 3 N–H and O–H groups in total. The van der Waals surface area contributed by atoms with Crippen LogP contribution in [0, 0.1) is 11.6 Å². The summed E-state index contributed by atoms with van der Waals surface area (Å²) in [5, 5.41) is 5.25. The van der Waals surface area contributed by atoms with Crippen LogP contribution in [0.4, 0.5) is 20.2 Å². The van der Waals surface area contributed by atoms with Gasteiger partial charge in [0.05, 0.1) is 13.7 Å². The Hall–Kier alpha value is -3.00. The number of carbonyl (C=O) groups excluding carboxylic acids is 2. The lowest BCUT2D eigenvalue weighted by Crippen LogP contribution is -3.13. The maximum Gasteiger partial charge on any atom is 0.279 e. The van der Waals surface area contributed by atoms with Gasteiger partial charge in [-0.1, -0.05) is 0 Å². The predicted molar refractivity (Wildman–Crippen MR) is 97.8 cm³/mol. The Morgan fingerprint density at radius 2 is 1.48 bits per heavy atom. The molecular weight excluding hydrogens is 356 g/mol. The van der Waals surface area contributed by atoms with Crippen LogP contribution in [0.2, 0.25) is 0 Å². The van der Waals surface area contributed by atoms with Crippen molar-refractivity contribution in [3.05, 3.63) is 54.1 Å². The number of halogens is 2. The highest BCUT2D eigenvalue weighted by atomic mass is 19.2. The molecule has 144 valence electrons. The number of hydrogen-bond acceptors (Lipinski definition) is 3. The number of amides is 2. The Morgan fingerprint density at radius 1 is 0.926 bits per heavy atom. The summed E-state index contributed by atoms with van der Waals surface area (Å²) in [7, 11) is 1.56. The molecule has 0 saturated heterocycles. The molecule has 0 bridgehead atoms. The molecule has 27 heavy (non-hydrogen) atoms. The number of carbonyl (C=O) groups is 2. The Morgan fingerprint density at radius 3 is 2.00 bits per heavy atom. The second kappa shape index (κ2) is 9.63. The maximum atomic E-state index is 13.2. The number of likely N-dealkylation sites (N-methyl/N-ethyl adjacent to an activating group) is 1. The second-order valence-electron chi connectivity index (χ2n) is 5.91. The van der Waals surface area contributed by atoms with Crippen LogP contribution < -0.4 is 20.3 Å². The largest absolute Gasteiger partial charge is 0.497 e. The molecule has 1 atom stereocenters. The van der Waals surface area contributed by atoms with Crippen molar-refractivity contribution in [2.24, 2.45) is 0 Å². The van der Waals surface area contributed by atoms with Gasteiger partial charge in [-0.3, -0.25) is 9.59 Å². The first-order valence-corrected chi connectivity index (χ1v) is 8.43. The lowest BCUT2D eigenvalue weighted by molar-refractivity contribution is -0.881. The van der Waals surface area contributed by atoms with E-state index >= 15 is 0 Å². The van der Waals surface area contributed by atoms with Gasteiger partial charge in [0.2, 0.25) is 0 Å². The summed E-state index contributed by atoms with van der Waals surface area (Å²) in [5.74, 6) is -1.97. The molecule has 0 aliphatic rings. The smallest absolute Gasteiger partial charge is 0.279 e. The third kappa shape index (κ3) is 6.34. The van der Waals surface area contributed by atoms with Crippen LogP contribution >= 0.6 is 0 Å². The van der Waals surface area contributed by atoms with Gasteiger partial charge in [0, 0.05) is 17.4 Å². The van der Waals surface area contributed by atoms with Gasteiger partial charge in [-0.2, -0.15) is 0 Å². The highest BCUT2D eigenvalue weighted by Gasteiger charge is 2.17. The van der Waals surface area contributed by atoms with E-state index in [1.54, 1.807) is 31.4 Å². The number of ether oxygens (including phenoxy) is 1. The summed E-state index contributed by atoms with van der Waals surface area (Å²) in [6.07, 6.45) is 0. The Labute approximate surface area is 156 Å². The molecule has 2 aromatic carbocycles. The third-order valence-corrected chi connectivity index (χ3v) is 3.90. The second-order valence-corrected chi connectivity index (χ2v) is 5.91. The average molecular weight is 378 g/mol. The van der Waals surface area contributed by atoms with Gasteiger partial charge in [-0.25, -0.2) is 8.78 Å².